The van der Waals surface area contributed by atoms with Crippen molar-refractivity contribution >= 4 is 29.0 Å². The van der Waals surface area contributed by atoms with Gasteiger partial charge in [-0.15, -0.1) is 11.3 Å². The average Bonchev–Trinajstić information content (AvgIpc) is 3.18. The molecule has 0 aliphatic carbocycles. The van der Waals surface area contributed by atoms with Gasteiger partial charge >= 0.3 is 6.03 Å². The average molecular weight is 379 g/mol. The van der Waals surface area contributed by atoms with E-state index in [9.17, 15) is 9.59 Å². The highest BCUT2D eigenvalue weighted by Crippen LogP contribution is 2.26. The topological polar surface area (TPSA) is 70.2 Å². The molecule has 3 amide bonds. The van der Waals surface area contributed by atoms with Gasteiger partial charge in [-0.05, 0) is 36.1 Å². The van der Waals surface area contributed by atoms with E-state index in [-0.39, 0.29) is 12.6 Å². The first-order chi connectivity index (χ1) is 13.1. The largest absolute Gasteiger partial charge is 0.325 e. The summed E-state index contributed by atoms with van der Waals surface area (Å²) < 4.78 is 0. The van der Waals surface area contributed by atoms with E-state index in [1.54, 1.807) is 23.5 Å². The van der Waals surface area contributed by atoms with E-state index < -0.39 is 11.9 Å². The molecule has 0 saturated carbocycles. The number of hydrogen-bond donors (Lipinski definition) is 3. The lowest BCUT2D eigenvalue weighted by Gasteiger charge is -2.18. The number of benzene rings is 2. The number of hydrogen-bond acceptors (Lipinski definition) is 4. The van der Waals surface area contributed by atoms with Gasteiger partial charge in [0.25, 0.3) is 0 Å². The van der Waals surface area contributed by atoms with Crippen LogP contribution in [0, 0.1) is 6.92 Å². The summed E-state index contributed by atoms with van der Waals surface area (Å²) in [5.41, 5.74) is 2.88. The summed E-state index contributed by atoms with van der Waals surface area (Å²) in [6.07, 6.45) is 0. The minimum Gasteiger partial charge on any atom is -0.308 e. The fraction of sp³-hybridized carbons (Fsp3) is 0.143. The number of imide groups is 1. The maximum Gasteiger partial charge on any atom is 0.325 e. The van der Waals surface area contributed by atoms with Crippen molar-refractivity contribution in [2.45, 2.75) is 13.0 Å². The van der Waals surface area contributed by atoms with Gasteiger partial charge in [0.2, 0.25) is 5.91 Å². The highest BCUT2D eigenvalue weighted by atomic mass is 32.1. The zero-order valence-corrected chi connectivity index (χ0v) is 15.8. The van der Waals surface area contributed by atoms with Gasteiger partial charge in [0.1, 0.15) is 0 Å². The summed E-state index contributed by atoms with van der Waals surface area (Å²) in [6, 6.07) is 20.5. The van der Waals surface area contributed by atoms with Crippen LogP contribution < -0.4 is 16.0 Å². The molecule has 2 aromatic carbocycles. The predicted octanol–water partition coefficient (Wildman–Crippen LogP) is 4.08. The molecule has 0 aliphatic heterocycles. The summed E-state index contributed by atoms with van der Waals surface area (Å²) in [5, 5.41) is 10.2. The fourth-order valence-electron chi connectivity index (χ4n) is 2.65. The van der Waals surface area contributed by atoms with Gasteiger partial charge in [-0.3, -0.25) is 15.4 Å². The van der Waals surface area contributed by atoms with Crippen molar-refractivity contribution in [2.24, 2.45) is 0 Å². The van der Waals surface area contributed by atoms with E-state index in [2.05, 4.69) is 16.0 Å². The van der Waals surface area contributed by atoms with Crippen LogP contribution in [0.5, 0.6) is 0 Å². The van der Waals surface area contributed by atoms with Crippen LogP contribution in [0.1, 0.15) is 22.0 Å². The molecule has 3 rings (SSSR count). The molecule has 1 heterocycles. The van der Waals surface area contributed by atoms with Crippen molar-refractivity contribution in [1.29, 1.82) is 0 Å². The Hall–Kier alpha value is -2.96. The minimum atomic E-state index is -0.545. The van der Waals surface area contributed by atoms with E-state index in [4.69, 9.17) is 0 Å². The molecule has 0 unspecified atom stereocenters. The number of nitrogens with one attached hydrogen (secondary N) is 3. The smallest absolute Gasteiger partial charge is 0.308 e. The van der Waals surface area contributed by atoms with Gasteiger partial charge < -0.3 is 5.32 Å². The van der Waals surface area contributed by atoms with E-state index in [1.807, 2.05) is 66.9 Å². The minimum absolute atomic E-state index is 0.0264. The van der Waals surface area contributed by atoms with Crippen LogP contribution in [0.4, 0.5) is 10.5 Å². The van der Waals surface area contributed by atoms with Crippen LogP contribution in [0.15, 0.2) is 72.1 Å². The number of rotatable bonds is 6. The van der Waals surface area contributed by atoms with Gasteiger partial charge in [0.15, 0.2) is 0 Å². The molecular formula is C21H21N3O2S. The third-order valence-electron chi connectivity index (χ3n) is 3.99. The summed E-state index contributed by atoms with van der Waals surface area (Å²) in [7, 11) is 0. The summed E-state index contributed by atoms with van der Waals surface area (Å²) >= 11 is 1.62. The molecular weight excluding hydrogens is 358 g/mol. The lowest BCUT2D eigenvalue weighted by Crippen LogP contribution is -2.41. The highest BCUT2D eigenvalue weighted by Gasteiger charge is 2.17. The zero-order valence-electron chi connectivity index (χ0n) is 14.9. The molecule has 138 valence electrons. The molecule has 0 spiro atoms. The Balaban J connectivity index is 1.59. The van der Waals surface area contributed by atoms with Crippen molar-refractivity contribution in [2.75, 3.05) is 11.9 Å². The second kappa shape index (κ2) is 9.12. The molecule has 6 heteroatoms. The number of para-hydroxylation sites is 1. The van der Waals surface area contributed by atoms with E-state index in [0.29, 0.717) is 5.69 Å². The SMILES string of the molecule is Cc1ccc([C@@H](NCC(=O)NC(=O)Nc2ccccc2)c2cccs2)cc1. The Morgan fingerprint density at radius 2 is 1.70 bits per heavy atom. The maximum atomic E-state index is 12.2. The second-order valence-corrected chi connectivity index (χ2v) is 7.09. The molecule has 5 nitrogen and oxygen atoms in total. The molecule has 1 atom stereocenters. The van der Waals surface area contributed by atoms with E-state index in [1.165, 1.54) is 5.56 Å². The molecule has 1 aromatic heterocycles. The van der Waals surface area contributed by atoms with Gasteiger partial charge in [-0.1, -0.05) is 54.1 Å². The zero-order chi connectivity index (χ0) is 19.1. The van der Waals surface area contributed by atoms with Crippen LogP contribution >= 0.6 is 11.3 Å². The summed E-state index contributed by atoms with van der Waals surface area (Å²) in [6.45, 7) is 2.06. The van der Waals surface area contributed by atoms with Crippen LogP contribution in [-0.4, -0.2) is 18.5 Å². The van der Waals surface area contributed by atoms with E-state index >= 15 is 0 Å². The predicted molar refractivity (Wildman–Crippen MR) is 109 cm³/mol. The molecule has 3 N–H and O–H groups in total. The van der Waals surface area contributed by atoms with Crippen molar-refractivity contribution in [3.8, 4) is 0 Å². The van der Waals surface area contributed by atoms with Gasteiger partial charge in [0, 0.05) is 10.6 Å². The standard InChI is InChI=1S/C21H21N3O2S/c1-15-9-11-16(12-10-15)20(18-8-5-13-27-18)22-14-19(25)24-21(26)23-17-6-3-2-4-7-17/h2-13,20,22H,14H2,1H3,(H2,23,24,25,26)/t20-/m1/s1. The maximum absolute atomic E-state index is 12.2. The molecule has 3 aromatic rings. The van der Waals surface area contributed by atoms with Crippen LogP contribution in [0.3, 0.4) is 0 Å². The summed E-state index contributed by atoms with van der Waals surface area (Å²) in [5.74, 6) is -0.392. The lowest BCUT2D eigenvalue weighted by atomic mass is 10.0. The third kappa shape index (κ3) is 5.51. The Kier molecular flexibility index (Phi) is 6.35. The monoisotopic (exact) mass is 379 g/mol. The number of carbonyl (C=O) groups excluding carboxylic acids is 2. The Morgan fingerprint density at radius 3 is 2.37 bits per heavy atom. The van der Waals surface area contributed by atoms with Crippen LogP contribution in [-0.2, 0) is 4.79 Å². The van der Waals surface area contributed by atoms with Crippen LogP contribution in [0.25, 0.3) is 0 Å². The molecule has 0 aliphatic rings. The third-order valence-corrected chi connectivity index (χ3v) is 4.93. The number of thiophene rings is 1. The first-order valence-electron chi connectivity index (χ1n) is 8.61. The normalized spacial score (nSPS) is 11.6. The van der Waals surface area contributed by atoms with Gasteiger partial charge in [0.05, 0.1) is 12.6 Å². The summed E-state index contributed by atoms with van der Waals surface area (Å²) in [4.78, 5) is 25.2. The number of anilines is 1. The van der Waals surface area contributed by atoms with Gasteiger partial charge in [-0.2, -0.15) is 0 Å². The van der Waals surface area contributed by atoms with Crippen molar-refractivity contribution in [3.05, 3.63) is 88.1 Å². The first-order valence-corrected chi connectivity index (χ1v) is 9.49. The Morgan fingerprint density at radius 1 is 0.963 bits per heavy atom. The fourth-order valence-corrected chi connectivity index (χ4v) is 3.47. The quantitative estimate of drug-likeness (QED) is 0.604. The molecule has 0 bridgehead atoms. The molecule has 0 radical (unpaired) electrons. The van der Waals surface area contributed by atoms with Crippen molar-refractivity contribution in [3.63, 3.8) is 0 Å². The number of aryl methyl sites for hydroxylation is 1. The Labute approximate surface area is 162 Å². The molecule has 0 saturated heterocycles. The Bertz CT molecular complexity index is 878. The number of urea groups is 1. The number of carbonyl (C=O) groups is 2. The van der Waals surface area contributed by atoms with Crippen molar-refractivity contribution < 1.29 is 9.59 Å². The van der Waals surface area contributed by atoms with Gasteiger partial charge in [-0.25, -0.2) is 4.79 Å². The molecule has 27 heavy (non-hydrogen) atoms. The van der Waals surface area contributed by atoms with E-state index in [0.717, 1.165) is 10.4 Å². The van der Waals surface area contributed by atoms with Crippen molar-refractivity contribution in [1.82, 2.24) is 10.6 Å². The molecule has 0 fully saturated rings. The highest BCUT2D eigenvalue weighted by molar-refractivity contribution is 7.10. The number of amides is 3. The van der Waals surface area contributed by atoms with Crippen LogP contribution in [0.2, 0.25) is 0 Å². The second-order valence-electron chi connectivity index (χ2n) is 6.11. The lowest BCUT2D eigenvalue weighted by molar-refractivity contribution is -0.119. The first kappa shape index (κ1) is 18.8.